The highest BCUT2D eigenvalue weighted by Gasteiger charge is 2.22. The van der Waals surface area contributed by atoms with E-state index >= 15 is 0 Å². The Bertz CT molecular complexity index is 392. The third kappa shape index (κ3) is 2.86. The van der Waals surface area contributed by atoms with Crippen LogP contribution < -0.4 is 9.64 Å². The van der Waals surface area contributed by atoms with Gasteiger partial charge in [0.2, 0.25) is 0 Å². The summed E-state index contributed by atoms with van der Waals surface area (Å²) < 4.78 is 5.32. The van der Waals surface area contributed by atoms with Crippen molar-refractivity contribution in [1.82, 2.24) is 9.97 Å². The van der Waals surface area contributed by atoms with Gasteiger partial charge in [-0.25, -0.2) is 9.97 Å². The average Bonchev–Trinajstić information content (AvgIpc) is 2.66. The molecule has 0 N–H and O–H groups in total. The van der Waals surface area contributed by atoms with E-state index in [0.717, 1.165) is 5.82 Å². The Labute approximate surface area is 113 Å². The lowest BCUT2D eigenvalue weighted by molar-refractivity contribution is 0.408. The molecule has 0 aliphatic heterocycles. The highest BCUT2D eigenvalue weighted by molar-refractivity contribution is 6.31. The second kappa shape index (κ2) is 6.23. The zero-order valence-corrected chi connectivity index (χ0v) is 11.8. The minimum absolute atomic E-state index is 0.378. The van der Waals surface area contributed by atoms with E-state index in [9.17, 15) is 0 Å². The molecular weight excluding hydrogens is 250 g/mol. The molecule has 2 rings (SSSR count). The van der Waals surface area contributed by atoms with Gasteiger partial charge in [-0.15, -0.1) is 0 Å². The summed E-state index contributed by atoms with van der Waals surface area (Å²) in [7, 11) is 3.67. The van der Waals surface area contributed by atoms with Crippen LogP contribution in [0.25, 0.3) is 0 Å². The van der Waals surface area contributed by atoms with Crippen molar-refractivity contribution in [3.05, 3.63) is 11.5 Å². The van der Waals surface area contributed by atoms with Crippen LogP contribution in [0.4, 0.5) is 5.82 Å². The standard InChI is InChI=1S/C13H20ClN3O/c1-17(10-7-5-3-4-6-8-10)13-11(18-2)12(14)15-9-16-13/h9-10H,3-8H2,1-2H3. The minimum atomic E-state index is 0.378. The number of nitrogens with zero attached hydrogens (tertiary/aromatic N) is 3. The van der Waals surface area contributed by atoms with Crippen LogP contribution in [0.2, 0.25) is 5.15 Å². The van der Waals surface area contributed by atoms with Gasteiger partial charge in [-0.3, -0.25) is 0 Å². The molecule has 5 heteroatoms. The maximum Gasteiger partial charge on any atom is 0.199 e. The van der Waals surface area contributed by atoms with E-state index in [-0.39, 0.29) is 0 Å². The molecule has 0 saturated heterocycles. The molecule has 1 aromatic rings. The number of anilines is 1. The Morgan fingerprint density at radius 3 is 2.50 bits per heavy atom. The van der Waals surface area contributed by atoms with Crippen molar-refractivity contribution in [3.8, 4) is 5.75 Å². The van der Waals surface area contributed by atoms with Gasteiger partial charge in [0.15, 0.2) is 16.7 Å². The molecule has 0 aromatic carbocycles. The molecule has 1 aliphatic rings. The molecule has 1 saturated carbocycles. The van der Waals surface area contributed by atoms with Crippen LogP contribution in [0.3, 0.4) is 0 Å². The van der Waals surface area contributed by atoms with Crippen molar-refractivity contribution < 1.29 is 4.74 Å². The lowest BCUT2D eigenvalue weighted by atomic mass is 10.1. The van der Waals surface area contributed by atoms with Gasteiger partial charge in [-0.2, -0.15) is 0 Å². The summed E-state index contributed by atoms with van der Waals surface area (Å²) >= 11 is 6.04. The number of methoxy groups -OCH3 is 1. The Morgan fingerprint density at radius 1 is 1.22 bits per heavy atom. The quantitative estimate of drug-likeness (QED) is 0.623. The number of aromatic nitrogens is 2. The van der Waals surface area contributed by atoms with Gasteiger partial charge in [-0.05, 0) is 12.8 Å². The third-order valence-electron chi connectivity index (χ3n) is 3.65. The fraction of sp³-hybridized carbons (Fsp3) is 0.692. The van der Waals surface area contributed by atoms with Crippen molar-refractivity contribution in [2.75, 3.05) is 19.1 Å². The van der Waals surface area contributed by atoms with E-state index in [2.05, 4.69) is 21.9 Å². The van der Waals surface area contributed by atoms with Crippen molar-refractivity contribution in [2.24, 2.45) is 0 Å². The van der Waals surface area contributed by atoms with Gasteiger partial charge < -0.3 is 9.64 Å². The molecule has 1 aliphatic carbocycles. The lowest BCUT2D eigenvalue weighted by Crippen LogP contribution is -2.32. The summed E-state index contributed by atoms with van der Waals surface area (Å²) in [5, 5.41) is 0.378. The van der Waals surface area contributed by atoms with Gasteiger partial charge in [0.1, 0.15) is 6.33 Å². The first-order valence-electron chi connectivity index (χ1n) is 6.51. The van der Waals surface area contributed by atoms with E-state index in [1.807, 2.05) is 0 Å². The van der Waals surface area contributed by atoms with Gasteiger partial charge in [0, 0.05) is 13.1 Å². The molecule has 0 amide bonds. The van der Waals surface area contributed by atoms with Crippen LogP contribution >= 0.6 is 11.6 Å². The smallest absolute Gasteiger partial charge is 0.199 e. The van der Waals surface area contributed by atoms with E-state index in [0.29, 0.717) is 16.9 Å². The average molecular weight is 270 g/mol. The van der Waals surface area contributed by atoms with Crippen LogP contribution in [0.1, 0.15) is 38.5 Å². The fourth-order valence-electron chi connectivity index (χ4n) is 2.59. The highest BCUT2D eigenvalue weighted by atomic mass is 35.5. The van der Waals surface area contributed by atoms with E-state index < -0.39 is 0 Å². The SMILES string of the molecule is COc1c(Cl)ncnc1N(C)C1CCCCCC1. The van der Waals surface area contributed by atoms with Gasteiger partial charge >= 0.3 is 0 Å². The minimum Gasteiger partial charge on any atom is -0.490 e. The Hall–Kier alpha value is -1.03. The molecule has 0 radical (unpaired) electrons. The zero-order valence-electron chi connectivity index (χ0n) is 11.0. The molecule has 4 nitrogen and oxygen atoms in total. The summed E-state index contributed by atoms with van der Waals surface area (Å²) in [4.78, 5) is 10.5. The lowest BCUT2D eigenvalue weighted by Gasteiger charge is -2.29. The summed E-state index contributed by atoms with van der Waals surface area (Å²) in [6, 6.07) is 0.521. The predicted molar refractivity (Wildman–Crippen MR) is 73.5 cm³/mol. The van der Waals surface area contributed by atoms with Crippen LogP contribution in [0, 0.1) is 0 Å². The van der Waals surface area contributed by atoms with Crippen molar-refractivity contribution in [3.63, 3.8) is 0 Å². The third-order valence-corrected chi connectivity index (χ3v) is 3.92. The normalized spacial score (nSPS) is 17.3. The van der Waals surface area contributed by atoms with Crippen molar-refractivity contribution >= 4 is 17.4 Å². The van der Waals surface area contributed by atoms with E-state index in [1.165, 1.54) is 44.9 Å². The molecule has 18 heavy (non-hydrogen) atoms. The maximum absolute atomic E-state index is 6.04. The summed E-state index contributed by atoms with van der Waals surface area (Å²) in [5.74, 6) is 1.37. The highest BCUT2D eigenvalue weighted by Crippen LogP contribution is 2.34. The molecule has 0 atom stereocenters. The topological polar surface area (TPSA) is 38.3 Å². The predicted octanol–water partition coefficient (Wildman–Crippen LogP) is 3.30. The number of halogens is 1. The van der Waals surface area contributed by atoms with Crippen molar-refractivity contribution in [2.45, 2.75) is 44.6 Å². The maximum atomic E-state index is 6.04. The first kappa shape index (κ1) is 13.4. The van der Waals surface area contributed by atoms with E-state index in [4.69, 9.17) is 16.3 Å². The molecule has 1 heterocycles. The Balaban J connectivity index is 2.21. The zero-order chi connectivity index (χ0) is 13.0. The Kier molecular flexibility index (Phi) is 4.64. The monoisotopic (exact) mass is 269 g/mol. The van der Waals surface area contributed by atoms with Crippen LogP contribution in [-0.2, 0) is 0 Å². The molecule has 0 bridgehead atoms. The summed E-state index contributed by atoms with van der Waals surface area (Å²) in [5.41, 5.74) is 0. The molecule has 100 valence electrons. The summed E-state index contributed by atoms with van der Waals surface area (Å²) in [6.45, 7) is 0. The Morgan fingerprint density at radius 2 is 1.89 bits per heavy atom. The number of ether oxygens (including phenoxy) is 1. The van der Waals surface area contributed by atoms with E-state index in [1.54, 1.807) is 7.11 Å². The number of hydrogen-bond acceptors (Lipinski definition) is 4. The second-order valence-corrected chi connectivity index (χ2v) is 5.14. The molecular formula is C13H20ClN3O. The first-order valence-corrected chi connectivity index (χ1v) is 6.89. The summed E-state index contributed by atoms with van der Waals surface area (Å²) in [6.07, 6.45) is 9.17. The number of hydrogen-bond donors (Lipinski definition) is 0. The van der Waals surface area contributed by atoms with Crippen molar-refractivity contribution in [1.29, 1.82) is 0 Å². The van der Waals surface area contributed by atoms with Crippen LogP contribution in [0.15, 0.2) is 6.33 Å². The fourth-order valence-corrected chi connectivity index (χ4v) is 2.79. The van der Waals surface area contributed by atoms with Gasteiger partial charge in [0.25, 0.3) is 0 Å². The largest absolute Gasteiger partial charge is 0.490 e. The van der Waals surface area contributed by atoms with Gasteiger partial charge in [0.05, 0.1) is 7.11 Å². The first-order chi connectivity index (χ1) is 8.74. The van der Waals surface area contributed by atoms with Gasteiger partial charge in [-0.1, -0.05) is 37.3 Å². The second-order valence-electron chi connectivity index (χ2n) is 4.78. The van der Waals surface area contributed by atoms with Crippen LogP contribution in [0.5, 0.6) is 5.75 Å². The molecule has 1 aromatic heterocycles. The number of rotatable bonds is 3. The molecule has 1 fully saturated rings. The van der Waals surface area contributed by atoms with Crippen LogP contribution in [-0.4, -0.2) is 30.2 Å². The molecule has 0 spiro atoms. The molecule has 0 unspecified atom stereocenters.